The van der Waals surface area contributed by atoms with Gasteiger partial charge in [-0.1, -0.05) is 54.6 Å². The van der Waals surface area contributed by atoms with Crippen LogP contribution in [-0.4, -0.2) is 61.5 Å². The maximum atomic E-state index is 12.2. The molecule has 2 aliphatic rings. The SMILES string of the molecule is COc1ccc(C(O[C@H]2[C@@H](OC(C)=O)[C@@H]3C[C@@H](OC(C)=O)[C@@]2(O)O3)(c2ccccc2)c2ccc(OC)cc2)cc1. The molecule has 0 amide bonds. The molecule has 40 heavy (non-hydrogen) atoms. The number of carbonyl (C=O) groups excluding carboxylic acids is 2. The lowest BCUT2D eigenvalue weighted by atomic mass is 9.78. The third-order valence-electron chi connectivity index (χ3n) is 7.41. The summed E-state index contributed by atoms with van der Waals surface area (Å²) in [6, 6.07) is 24.3. The molecule has 3 aromatic rings. The third kappa shape index (κ3) is 4.81. The number of carbonyl (C=O) groups is 2. The number of methoxy groups -OCH3 is 2. The topological polar surface area (TPSA) is 110 Å². The summed E-state index contributed by atoms with van der Waals surface area (Å²) < 4.78 is 34.9. The van der Waals surface area contributed by atoms with Crippen molar-refractivity contribution in [3.63, 3.8) is 0 Å². The van der Waals surface area contributed by atoms with Gasteiger partial charge in [0.25, 0.3) is 0 Å². The quantitative estimate of drug-likeness (QED) is 0.316. The number of fused-ring (bicyclic) bond motifs is 2. The standard InChI is InChI=1S/C31H32O9/c1-19(32)37-27-18-26-28(38-20(2)33)29(31(27,34)39-26)40-30(21-8-6-5-7-9-21,22-10-14-24(35-3)15-11-22)23-12-16-25(36-4)17-13-23/h5-17,26-29,34H,18H2,1-4H3/t26-,27+,28-,29-,31+/m0/s1. The summed E-state index contributed by atoms with van der Waals surface area (Å²) in [4.78, 5) is 24.1. The summed E-state index contributed by atoms with van der Waals surface area (Å²) in [5.41, 5.74) is 0.818. The van der Waals surface area contributed by atoms with Crippen molar-refractivity contribution < 1.29 is 43.1 Å². The molecule has 0 saturated carbocycles. The molecular formula is C31H32O9. The van der Waals surface area contributed by atoms with Crippen molar-refractivity contribution in [3.05, 3.63) is 95.6 Å². The van der Waals surface area contributed by atoms with E-state index in [-0.39, 0.29) is 6.42 Å². The third-order valence-corrected chi connectivity index (χ3v) is 7.41. The van der Waals surface area contributed by atoms with Crippen LogP contribution in [0, 0.1) is 0 Å². The Morgan fingerprint density at radius 1 is 0.800 bits per heavy atom. The van der Waals surface area contributed by atoms with Crippen LogP contribution in [0.3, 0.4) is 0 Å². The molecule has 0 aromatic heterocycles. The summed E-state index contributed by atoms with van der Waals surface area (Å²) in [5, 5.41) is 11.9. The van der Waals surface area contributed by atoms with Crippen LogP contribution in [0.2, 0.25) is 0 Å². The monoisotopic (exact) mass is 548 g/mol. The van der Waals surface area contributed by atoms with E-state index in [9.17, 15) is 14.7 Å². The number of esters is 2. The fraction of sp³-hybridized carbons (Fsp3) is 0.355. The molecule has 2 bridgehead atoms. The molecule has 9 heteroatoms. The second-order valence-corrected chi connectivity index (χ2v) is 9.86. The van der Waals surface area contributed by atoms with Crippen molar-refractivity contribution in [3.8, 4) is 11.5 Å². The van der Waals surface area contributed by atoms with Gasteiger partial charge in [-0.25, -0.2) is 0 Å². The average molecular weight is 549 g/mol. The van der Waals surface area contributed by atoms with Crippen molar-refractivity contribution >= 4 is 11.9 Å². The number of benzene rings is 3. The number of aliphatic hydroxyl groups is 1. The van der Waals surface area contributed by atoms with Gasteiger partial charge in [-0.15, -0.1) is 0 Å². The number of rotatable bonds is 9. The molecule has 5 atom stereocenters. The Labute approximate surface area is 232 Å². The molecule has 0 spiro atoms. The lowest BCUT2D eigenvalue weighted by Gasteiger charge is -2.44. The van der Waals surface area contributed by atoms with Gasteiger partial charge in [-0.2, -0.15) is 0 Å². The Bertz CT molecular complexity index is 1290. The predicted molar refractivity (Wildman–Crippen MR) is 143 cm³/mol. The molecule has 9 nitrogen and oxygen atoms in total. The van der Waals surface area contributed by atoms with E-state index >= 15 is 0 Å². The zero-order valence-corrected chi connectivity index (χ0v) is 22.7. The van der Waals surface area contributed by atoms with Crippen molar-refractivity contribution in [1.82, 2.24) is 0 Å². The summed E-state index contributed by atoms with van der Waals surface area (Å²) in [6.07, 6.45) is -3.81. The van der Waals surface area contributed by atoms with E-state index in [1.807, 2.05) is 78.9 Å². The van der Waals surface area contributed by atoms with Gasteiger partial charge in [0.1, 0.15) is 23.2 Å². The van der Waals surface area contributed by atoms with Crippen molar-refractivity contribution in [2.45, 2.75) is 56.1 Å². The average Bonchev–Trinajstić information content (AvgIpc) is 3.41. The van der Waals surface area contributed by atoms with Crippen LogP contribution in [-0.2, 0) is 34.1 Å². The van der Waals surface area contributed by atoms with E-state index in [1.54, 1.807) is 14.2 Å². The molecule has 2 aliphatic heterocycles. The highest BCUT2D eigenvalue weighted by atomic mass is 16.7. The molecule has 210 valence electrons. The van der Waals surface area contributed by atoms with Gasteiger partial charge in [-0.05, 0) is 41.0 Å². The van der Waals surface area contributed by atoms with Gasteiger partial charge in [-0.3, -0.25) is 9.59 Å². The normalized spacial score (nSPS) is 25.3. The Hall–Kier alpha value is -3.92. The van der Waals surface area contributed by atoms with E-state index in [4.69, 9.17) is 28.4 Å². The van der Waals surface area contributed by atoms with Crippen LogP contribution in [0.15, 0.2) is 78.9 Å². The van der Waals surface area contributed by atoms with E-state index in [0.717, 1.165) is 5.56 Å². The summed E-state index contributed by atoms with van der Waals surface area (Å²) >= 11 is 0. The highest BCUT2D eigenvalue weighted by molar-refractivity contribution is 5.67. The molecule has 1 N–H and O–H groups in total. The van der Waals surface area contributed by atoms with E-state index in [2.05, 4.69) is 0 Å². The van der Waals surface area contributed by atoms with Gasteiger partial charge < -0.3 is 33.5 Å². The second-order valence-electron chi connectivity index (χ2n) is 9.86. The summed E-state index contributed by atoms with van der Waals surface area (Å²) in [5.74, 6) is -1.90. The number of ether oxygens (including phenoxy) is 6. The maximum absolute atomic E-state index is 12.2. The van der Waals surface area contributed by atoms with Gasteiger partial charge in [0.05, 0.1) is 14.2 Å². The zero-order valence-electron chi connectivity index (χ0n) is 22.7. The minimum atomic E-state index is -2.07. The van der Waals surface area contributed by atoms with Crippen LogP contribution in [0.1, 0.15) is 37.0 Å². The molecule has 2 saturated heterocycles. The molecule has 0 unspecified atom stereocenters. The smallest absolute Gasteiger partial charge is 0.303 e. The molecule has 3 aromatic carbocycles. The highest BCUT2D eigenvalue weighted by Crippen LogP contribution is 2.52. The summed E-state index contributed by atoms with van der Waals surface area (Å²) in [7, 11) is 3.17. The highest BCUT2D eigenvalue weighted by Gasteiger charge is 2.69. The van der Waals surface area contributed by atoms with E-state index in [1.165, 1.54) is 13.8 Å². The van der Waals surface area contributed by atoms with Gasteiger partial charge in [0, 0.05) is 20.3 Å². The first-order valence-corrected chi connectivity index (χ1v) is 13.0. The first-order valence-electron chi connectivity index (χ1n) is 13.0. The number of hydrogen-bond donors (Lipinski definition) is 1. The second kappa shape index (κ2) is 10.9. The number of hydrogen-bond acceptors (Lipinski definition) is 9. The molecular weight excluding hydrogens is 516 g/mol. The first-order chi connectivity index (χ1) is 19.2. The Morgan fingerprint density at radius 2 is 1.30 bits per heavy atom. The van der Waals surface area contributed by atoms with E-state index in [0.29, 0.717) is 22.6 Å². The predicted octanol–water partition coefficient (Wildman–Crippen LogP) is 3.74. The summed E-state index contributed by atoms with van der Waals surface area (Å²) in [6.45, 7) is 2.55. The Morgan fingerprint density at radius 3 is 1.77 bits per heavy atom. The van der Waals surface area contributed by atoms with Crippen molar-refractivity contribution in [1.29, 1.82) is 0 Å². The van der Waals surface area contributed by atoms with Crippen LogP contribution < -0.4 is 9.47 Å². The Balaban J connectivity index is 1.72. The van der Waals surface area contributed by atoms with Crippen molar-refractivity contribution in [2.24, 2.45) is 0 Å². The molecule has 5 rings (SSSR count). The van der Waals surface area contributed by atoms with Gasteiger partial charge in [0.2, 0.25) is 5.79 Å². The first kappa shape index (κ1) is 27.6. The van der Waals surface area contributed by atoms with Crippen molar-refractivity contribution in [2.75, 3.05) is 14.2 Å². The zero-order chi connectivity index (χ0) is 28.5. The van der Waals surface area contributed by atoms with Crippen LogP contribution in [0.5, 0.6) is 11.5 Å². The largest absolute Gasteiger partial charge is 0.497 e. The minimum absolute atomic E-state index is 0.150. The Kier molecular flexibility index (Phi) is 7.55. The maximum Gasteiger partial charge on any atom is 0.303 e. The molecule has 0 radical (unpaired) electrons. The van der Waals surface area contributed by atoms with Crippen LogP contribution in [0.4, 0.5) is 0 Å². The van der Waals surface area contributed by atoms with Crippen LogP contribution in [0.25, 0.3) is 0 Å². The lowest BCUT2D eigenvalue weighted by molar-refractivity contribution is -0.274. The van der Waals surface area contributed by atoms with Gasteiger partial charge >= 0.3 is 11.9 Å². The lowest BCUT2D eigenvalue weighted by Crippen LogP contribution is -2.59. The molecule has 0 aliphatic carbocycles. The fourth-order valence-corrected chi connectivity index (χ4v) is 5.66. The van der Waals surface area contributed by atoms with Gasteiger partial charge in [0.15, 0.2) is 18.3 Å². The van der Waals surface area contributed by atoms with Crippen LogP contribution >= 0.6 is 0 Å². The molecule has 2 heterocycles. The van der Waals surface area contributed by atoms with E-state index < -0.39 is 47.7 Å². The molecule has 2 fully saturated rings. The fourth-order valence-electron chi connectivity index (χ4n) is 5.66. The minimum Gasteiger partial charge on any atom is -0.497 e.